The lowest BCUT2D eigenvalue weighted by Crippen LogP contribution is -2.53. The van der Waals surface area contributed by atoms with E-state index in [9.17, 15) is 19.1 Å². The number of benzene rings is 4. The van der Waals surface area contributed by atoms with Gasteiger partial charge >= 0.3 is 0 Å². The Labute approximate surface area is 257 Å². The van der Waals surface area contributed by atoms with Gasteiger partial charge in [0, 0.05) is 53.8 Å². The SMILES string of the molecule is [N-]=[N+]=Nc1ccccc1[C@@H]1OC(c2ccc(OCCCO)cc2)=N[C@]1(Cc1ccccc1)C(=O)NNCc1cc(F)cc(F)c1. The Morgan fingerprint density at radius 2 is 1.71 bits per heavy atom. The van der Waals surface area contributed by atoms with Crippen LogP contribution in [0.4, 0.5) is 14.5 Å². The molecule has 0 spiro atoms. The number of nitrogens with one attached hydrogen (secondary N) is 2. The van der Waals surface area contributed by atoms with Crippen LogP contribution < -0.4 is 15.6 Å². The van der Waals surface area contributed by atoms with Crippen molar-refractivity contribution in [2.45, 2.75) is 31.0 Å². The van der Waals surface area contributed by atoms with E-state index in [1.807, 2.05) is 30.3 Å². The molecular weight excluding hydrogens is 582 g/mol. The van der Waals surface area contributed by atoms with E-state index in [4.69, 9.17) is 19.6 Å². The molecule has 12 heteroatoms. The van der Waals surface area contributed by atoms with Crippen LogP contribution in [0, 0.1) is 11.6 Å². The minimum Gasteiger partial charge on any atom is -0.494 e. The Bertz CT molecular complexity index is 1690. The van der Waals surface area contributed by atoms with Gasteiger partial charge in [0.2, 0.25) is 5.90 Å². The Morgan fingerprint density at radius 3 is 2.42 bits per heavy atom. The van der Waals surface area contributed by atoms with E-state index in [1.54, 1.807) is 48.5 Å². The first-order valence-electron chi connectivity index (χ1n) is 14.2. The van der Waals surface area contributed by atoms with Gasteiger partial charge in [-0.15, -0.1) is 0 Å². The summed E-state index contributed by atoms with van der Waals surface area (Å²) >= 11 is 0. The fraction of sp³-hybridized carbons (Fsp3) is 0.212. The highest BCUT2D eigenvalue weighted by molar-refractivity contribution is 6.01. The van der Waals surface area contributed by atoms with Crippen molar-refractivity contribution in [2.75, 3.05) is 13.2 Å². The summed E-state index contributed by atoms with van der Waals surface area (Å²) in [6.45, 7) is 0.291. The summed E-state index contributed by atoms with van der Waals surface area (Å²) in [5.74, 6) is -1.30. The second-order valence-corrected chi connectivity index (χ2v) is 10.3. The van der Waals surface area contributed by atoms with E-state index >= 15 is 0 Å². The molecule has 10 nitrogen and oxygen atoms in total. The Balaban J connectivity index is 1.55. The zero-order chi connectivity index (χ0) is 31.6. The first-order valence-corrected chi connectivity index (χ1v) is 14.2. The van der Waals surface area contributed by atoms with Gasteiger partial charge in [-0.25, -0.2) is 19.2 Å². The lowest BCUT2D eigenvalue weighted by Gasteiger charge is -2.31. The molecule has 0 fully saturated rings. The van der Waals surface area contributed by atoms with Gasteiger partial charge in [0.15, 0.2) is 11.6 Å². The number of aliphatic imine (C=N–C) groups is 1. The molecule has 45 heavy (non-hydrogen) atoms. The summed E-state index contributed by atoms with van der Waals surface area (Å²) in [5.41, 5.74) is 15.4. The second-order valence-electron chi connectivity index (χ2n) is 10.3. The van der Waals surface area contributed by atoms with Crippen molar-refractivity contribution in [1.29, 1.82) is 0 Å². The van der Waals surface area contributed by atoms with Crippen LogP contribution in [-0.4, -0.2) is 35.7 Å². The van der Waals surface area contributed by atoms with Crippen LogP contribution >= 0.6 is 0 Å². The van der Waals surface area contributed by atoms with E-state index in [0.29, 0.717) is 29.9 Å². The molecule has 1 aliphatic rings. The van der Waals surface area contributed by atoms with Gasteiger partial charge in [-0.3, -0.25) is 10.2 Å². The molecule has 0 bridgehead atoms. The van der Waals surface area contributed by atoms with Crippen LogP contribution in [0.25, 0.3) is 10.4 Å². The van der Waals surface area contributed by atoms with Gasteiger partial charge < -0.3 is 14.6 Å². The van der Waals surface area contributed by atoms with Gasteiger partial charge in [-0.2, -0.15) is 0 Å². The number of hydrogen-bond acceptors (Lipinski definition) is 7. The summed E-state index contributed by atoms with van der Waals surface area (Å²) in [5, 5.41) is 12.9. The Kier molecular flexibility index (Phi) is 10.0. The molecule has 0 unspecified atom stereocenters. The highest BCUT2D eigenvalue weighted by atomic mass is 19.1. The topological polar surface area (TPSA) is 141 Å². The maximum Gasteiger partial charge on any atom is 0.266 e. The van der Waals surface area contributed by atoms with E-state index in [-0.39, 0.29) is 36.7 Å². The van der Waals surface area contributed by atoms with Gasteiger partial charge in [0.25, 0.3) is 5.91 Å². The number of halogens is 2. The molecule has 4 aromatic rings. The molecule has 5 rings (SSSR count). The summed E-state index contributed by atoms with van der Waals surface area (Å²) in [4.78, 5) is 22.1. The number of azide groups is 1. The van der Waals surface area contributed by atoms with Crippen LogP contribution in [0.1, 0.15) is 34.8 Å². The van der Waals surface area contributed by atoms with Crippen LogP contribution in [0.2, 0.25) is 0 Å². The van der Waals surface area contributed by atoms with Crippen LogP contribution in [-0.2, 0) is 22.5 Å². The average Bonchev–Trinajstić information content (AvgIpc) is 3.42. The van der Waals surface area contributed by atoms with Gasteiger partial charge in [-0.05, 0) is 53.1 Å². The number of nitrogens with zero attached hydrogens (tertiary/aromatic N) is 4. The van der Waals surface area contributed by atoms with Crippen molar-refractivity contribution < 1.29 is 28.2 Å². The largest absolute Gasteiger partial charge is 0.494 e. The van der Waals surface area contributed by atoms with Crippen LogP contribution in [0.3, 0.4) is 0 Å². The fourth-order valence-electron chi connectivity index (χ4n) is 5.06. The predicted molar refractivity (Wildman–Crippen MR) is 163 cm³/mol. The summed E-state index contributed by atoms with van der Waals surface area (Å²) < 4.78 is 39.6. The zero-order valence-corrected chi connectivity index (χ0v) is 24.1. The monoisotopic (exact) mass is 612 g/mol. The number of ether oxygens (including phenoxy) is 2. The smallest absolute Gasteiger partial charge is 0.266 e. The Hall–Kier alpha value is -5.29. The van der Waals surface area contributed by atoms with Gasteiger partial charge in [0.05, 0.1) is 6.61 Å². The summed E-state index contributed by atoms with van der Waals surface area (Å²) in [6.07, 6.45) is -0.455. The maximum absolute atomic E-state index is 14.3. The number of aliphatic hydroxyl groups is 1. The van der Waals surface area contributed by atoms with E-state index < -0.39 is 29.2 Å². The molecule has 0 saturated carbocycles. The summed E-state index contributed by atoms with van der Waals surface area (Å²) in [7, 11) is 0. The first kappa shape index (κ1) is 31.1. The third-order valence-corrected chi connectivity index (χ3v) is 7.13. The molecule has 230 valence electrons. The zero-order valence-electron chi connectivity index (χ0n) is 24.1. The van der Waals surface area contributed by atoms with Crippen LogP contribution in [0.15, 0.2) is 107 Å². The van der Waals surface area contributed by atoms with Crippen molar-refractivity contribution in [2.24, 2.45) is 10.1 Å². The third-order valence-electron chi connectivity index (χ3n) is 7.13. The van der Waals surface area contributed by atoms with Gasteiger partial charge in [-0.1, -0.05) is 59.7 Å². The molecule has 3 N–H and O–H groups in total. The van der Waals surface area contributed by atoms with Crippen molar-refractivity contribution in [3.63, 3.8) is 0 Å². The number of hydrazine groups is 1. The molecule has 0 aliphatic carbocycles. The second kappa shape index (κ2) is 14.5. The average molecular weight is 613 g/mol. The van der Waals surface area contributed by atoms with E-state index in [1.165, 1.54) is 0 Å². The minimum atomic E-state index is -1.62. The standard InChI is InChI=1S/C33H30F2N6O4/c34-25-17-23(18-26(35)19-25)21-37-40-32(43)33(20-22-7-2-1-3-8-22)30(28-9-4-5-10-29(28)39-41-36)45-31(38-33)24-11-13-27(14-12-24)44-16-6-15-42/h1-5,7-14,17-19,30,37,42H,6,15-16,20-21H2,(H,40,43)/t30-,33-/m0/s1. The Morgan fingerprint density at radius 1 is 1.00 bits per heavy atom. The van der Waals surface area contributed by atoms with Crippen LogP contribution in [0.5, 0.6) is 5.75 Å². The molecule has 1 amide bonds. The van der Waals surface area contributed by atoms with Crippen molar-refractivity contribution in [3.05, 3.63) is 141 Å². The number of aliphatic hydroxyl groups excluding tert-OH is 1. The molecule has 1 heterocycles. The minimum absolute atomic E-state index is 0.0149. The normalized spacial score (nSPS) is 17.1. The van der Waals surface area contributed by atoms with Gasteiger partial charge in [0.1, 0.15) is 17.4 Å². The third kappa shape index (κ3) is 7.44. The molecule has 4 aromatic carbocycles. The number of hydrogen-bond donors (Lipinski definition) is 3. The summed E-state index contributed by atoms with van der Waals surface area (Å²) in [6, 6.07) is 26.1. The van der Waals surface area contributed by atoms with Crippen molar-refractivity contribution in [1.82, 2.24) is 10.9 Å². The number of carbonyl (C=O) groups is 1. The quantitative estimate of drug-likeness (QED) is 0.0559. The number of carbonyl (C=O) groups excluding carboxylic acids is 1. The molecule has 2 atom stereocenters. The lowest BCUT2D eigenvalue weighted by atomic mass is 9.81. The maximum atomic E-state index is 14.3. The molecular formula is C33H30F2N6O4. The van der Waals surface area contributed by atoms with E-state index in [0.717, 1.165) is 23.8 Å². The molecule has 1 aliphatic heterocycles. The highest BCUT2D eigenvalue weighted by Gasteiger charge is 2.54. The number of amides is 1. The molecule has 0 radical (unpaired) electrons. The number of rotatable bonds is 13. The highest BCUT2D eigenvalue weighted by Crippen LogP contribution is 2.45. The molecule has 0 aromatic heterocycles. The molecule has 0 saturated heterocycles. The lowest BCUT2D eigenvalue weighted by molar-refractivity contribution is -0.130. The fourth-order valence-corrected chi connectivity index (χ4v) is 5.06. The van der Waals surface area contributed by atoms with Crippen molar-refractivity contribution >= 4 is 17.5 Å². The first-order chi connectivity index (χ1) is 21.9. The van der Waals surface area contributed by atoms with E-state index in [2.05, 4.69) is 20.9 Å². The van der Waals surface area contributed by atoms with Crippen molar-refractivity contribution in [3.8, 4) is 5.75 Å². The predicted octanol–water partition coefficient (Wildman–Crippen LogP) is 5.99.